The highest BCUT2D eigenvalue weighted by atomic mass is 32.2. The van der Waals surface area contributed by atoms with Gasteiger partial charge >= 0.3 is 0 Å². The van der Waals surface area contributed by atoms with Crippen molar-refractivity contribution >= 4 is 10.8 Å². The monoisotopic (exact) mass is 237 g/mol. The first-order chi connectivity index (χ1) is 7.79. The topological polar surface area (TPSA) is 43.1 Å². The van der Waals surface area contributed by atoms with E-state index in [-0.39, 0.29) is 0 Å². The van der Waals surface area contributed by atoms with Crippen molar-refractivity contribution in [2.24, 2.45) is 5.73 Å². The molecule has 2 rings (SSSR count). The van der Waals surface area contributed by atoms with Crippen molar-refractivity contribution in [3.8, 4) is 0 Å². The first kappa shape index (κ1) is 11.8. The molecule has 0 saturated heterocycles. The molecule has 0 radical (unpaired) electrons. The summed E-state index contributed by atoms with van der Waals surface area (Å²) in [7, 11) is -0.697. The summed E-state index contributed by atoms with van der Waals surface area (Å²) in [5.74, 6) is 0.693. The minimum absolute atomic E-state index is 0.432. The lowest BCUT2D eigenvalue weighted by Gasteiger charge is -2.09. The van der Waals surface area contributed by atoms with Crippen LogP contribution in [-0.2, 0) is 23.1 Å². The lowest BCUT2D eigenvalue weighted by Crippen LogP contribution is -2.12. The Kier molecular flexibility index (Phi) is 4.13. The molecule has 1 atom stereocenters. The van der Waals surface area contributed by atoms with Gasteiger partial charge in [-0.1, -0.05) is 37.1 Å². The Balaban J connectivity index is 1.99. The van der Waals surface area contributed by atoms with Crippen LogP contribution in [-0.4, -0.2) is 9.46 Å². The van der Waals surface area contributed by atoms with Crippen LogP contribution in [0.2, 0.25) is 0 Å². The normalized spacial score (nSPS) is 18.8. The molecule has 0 spiro atoms. The maximum atomic E-state index is 12.1. The molecule has 0 aliphatic heterocycles. The van der Waals surface area contributed by atoms with Crippen LogP contribution in [0.5, 0.6) is 0 Å². The molecule has 0 aromatic heterocycles. The fourth-order valence-corrected chi connectivity index (χ4v) is 3.88. The van der Waals surface area contributed by atoms with Gasteiger partial charge in [0.25, 0.3) is 0 Å². The molecule has 1 fully saturated rings. The largest absolute Gasteiger partial charge is 0.326 e. The first-order valence-electron chi connectivity index (χ1n) is 5.94. The quantitative estimate of drug-likeness (QED) is 0.873. The summed E-state index contributed by atoms with van der Waals surface area (Å²) < 4.78 is 12.1. The smallest absolute Gasteiger partial charge is 0.0488 e. The van der Waals surface area contributed by atoms with Gasteiger partial charge in [-0.2, -0.15) is 0 Å². The molecule has 3 heteroatoms. The predicted octanol–water partition coefficient (Wildman–Crippen LogP) is 2.34. The average Bonchev–Trinajstić information content (AvgIpc) is 2.83. The maximum absolute atomic E-state index is 12.1. The lowest BCUT2D eigenvalue weighted by molar-refractivity contribution is 0.668. The molecule has 1 saturated carbocycles. The molecule has 0 heterocycles. The SMILES string of the molecule is NCc1cccc(CS(=O)C2CCCC2)c1. The Morgan fingerprint density at radius 3 is 2.62 bits per heavy atom. The third kappa shape index (κ3) is 2.92. The zero-order valence-corrected chi connectivity index (χ0v) is 10.3. The lowest BCUT2D eigenvalue weighted by atomic mass is 10.1. The molecule has 1 unspecified atom stereocenters. The van der Waals surface area contributed by atoms with E-state index >= 15 is 0 Å². The zero-order valence-electron chi connectivity index (χ0n) is 9.52. The second-order valence-corrected chi connectivity index (χ2v) is 6.17. The minimum Gasteiger partial charge on any atom is -0.326 e. The summed E-state index contributed by atoms with van der Waals surface area (Å²) in [6.07, 6.45) is 4.78. The minimum atomic E-state index is -0.697. The van der Waals surface area contributed by atoms with Gasteiger partial charge in [-0.05, 0) is 24.0 Å². The molecule has 0 amide bonds. The van der Waals surface area contributed by atoms with Crippen molar-refractivity contribution in [3.63, 3.8) is 0 Å². The van der Waals surface area contributed by atoms with Crippen molar-refractivity contribution in [2.75, 3.05) is 0 Å². The van der Waals surface area contributed by atoms with Crippen molar-refractivity contribution in [1.29, 1.82) is 0 Å². The second kappa shape index (κ2) is 5.60. The molecule has 0 bridgehead atoms. The van der Waals surface area contributed by atoms with Crippen molar-refractivity contribution in [3.05, 3.63) is 35.4 Å². The van der Waals surface area contributed by atoms with Crippen molar-refractivity contribution in [2.45, 2.75) is 43.2 Å². The molecular weight excluding hydrogens is 218 g/mol. The Bertz CT molecular complexity index is 372. The number of hydrogen-bond donors (Lipinski definition) is 1. The van der Waals surface area contributed by atoms with Crippen LogP contribution in [0.25, 0.3) is 0 Å². The van der Waals surface area contributed by atoms with Crippen LogP contribution in [0.15, 0.2) is 24.3 Å². The highest BCUT2D eigenvalue weighted by molar-refractivity contribution is 7.84. The molecule has 1 aromatic carbocycles. The summed E-state index contributed by atoms with van der Waals surface area (Å²) in [6, 6.07) is 8.14. The fourth-order valence-electron chi connectivity index (χ4n) is 2.28. The first-order valence-corrected chi connectivity index (χ1v) is 7.33. The van der Waals surface area contributed by atoms with E-state index in [0.29, 0.717) is 17.5 Å². The van der Waals surface area contributed by atoms with E-state index < -0.39 is 10.8 Å². The Morgan fingerprint density at radius 2 is 1.94 bits per heavy atom. The number of rotatable bonds is 4. The predicted molar refractivity (Wildman–Crippen MR) is 68.4 cm³/mol. The maximum Gasteiger partial charge on any atom is 0.0488 e. The van der Waals surface area contributed by atoms with E-state index in [2.05, 4.69) is 6.07 Å². The van der Waals surface area contributed by atoms with E-state index in [9.17, 15) is 4.21 Å². The van der Waals surface area contributed by atoms with Gasteiger partial charge in [0, 0.05) is 28.3 Å². The van der Waals surface area contributed by atoms with Gasteiger partial charge in [-0.15, -0.1) is 0 Å². The highest BCUT2D eigenvalue weighted by Crippen LogP contribution is 2.24. The second-order valence-electron chi connectivity index (χ2n) is 4.46. The van der Waals surface area contributed by atoms with Gasteiger partial charge in [0.05, 0.1) is 0 Å². The van der Waals surface area contributed by atoms with Gasteiger partial charge in [0.15, 0.2) is 0 Å². The number of nitrogens with two attached hydrogens (primary N) is 1. The highest BCUT2D eigenvalue weighted by Gasteiger charge is 2.21. The number of benzene rings is 1. The summed E-state index contributed by atoms with van der Waals surface area (Å²) in [5, 5.41) is 0.432. The van der Waals surface area contributed by atoms with E-state index in [1.54, 1.807) is 0 Å². The summed E-state index contributed by atoms with van der Waals surface area (Å²) in [5.41, 5.74) is 7.88. The molecule has 1 aliphatic carbocycles. The van der Waals surface area contributed by atoms with Gasteiger partial charge in [0.2, 0.25) is 0 Å². The standard InChI is InChI=1S/C13H19NOS/c14-9-11-4-3-5-12(8-11)10-16(15)13-6-1-2-7-13/h3-5,8,13H,1-2,6-7,9-10,14H2. The van der Waals surface area contributed by atoms with Crippen LogP contribution < -0.4 is 5.73 Å². The van der Waals surface area contributed by atoms with E-state index in [1.807, 2.05) is 18.2 Å². The molecule has 1 aromatic rings. The van der Waals surface area contributed by atoms with Gasteiger partial charge in [-0.25, -0.2) is 0 Å². The third-order valence-corrected chi connectivity index (χ3v) is 5.04. The fraction of sp³-hybridized carbons (Fsp3) is 0.538. The Labute approximate surface area is 99.7 Å². The van der Waals surface area contributed by atoms with Gasteiger partial charge in [-0.3, -0.25) is 4.21 Å². The molecule has 2 nitrogen and oxygen atoms in total. The van der Waals surface area contributed by atoms with E-state index in [1.165, 1.54) is 12.8 Å². The van der Waals surface area contributed by atoms with Crippen LogP contribution in [0, 0.1) is 0 Å². The van der Waals surface area contributed by atoms with Crippen LogP contribution >= 0.6 is 0 Å². The Morgan fingerprint density at radius 1 is 1.25 bits per heavy atom. The van der Waals surface area contributed by atoms with Crippen molar-refractivity contribution < 1.29 is 4.21 Å². The molecule has 1 aliphatic rings. The summed E-state index contributed by atoms with van der Waals surface area (Å²) >= 11 is 0. The molecular formula is C13H19NOS. The van der Waals surface area contributed by atoms with E-state index in [0.717, 1.165) is 24.0 Å². The van der Waals surface area contributed by atoms with E-state index in [4.69, 9.17) is 5.73 Å². The van der Waals surface area contributed by atoms with Crippen LogP contribution in [0.3, 0.4) is 0 Å². The summed E-state index contributed by atoms with van der Waals surface area (Å²) in [6.45, 7) is 0.559. The van der Waals surface area contributed by atoms with Crippen molar-refractivity contribution in [1.82, 2.24) is 0 Å². The van der Waals surface area contributed by atoms with Gasteiger partial charge < -0.3 is 5.73 Å². The average molecular weight is 237 g/mol. The summed E-state index contributed by atoms with van der Waals surface area (Å²) in [4.78, 5) is 0. The molecule has 16 heavy (non-hydrogen) atoms. The molecule has 88 valence electrons. The molecule has 2 N–H and O–H groups in total. The van der Waals surface area contributed by atoms with Gasteiger partial charge in [0.1, 0.15) is 0 Å². The number of hydrogen-bond acceptors (Lipinski definition) is 2. The Hall–Kier alpha value is -0.670. The third-order valence-electron chi connectivity index (χ3n) is 3.21. The van der Waals surface area contributed by atoms with Crippen LogP contribution in [0.1, 0.15) is 36.8 Å². The van der Waals surface area contributed by atoms with Crippen LogP contribution in [0.4, 0.5) is 0 Å². The zero-order chi connectivity index (χ0) is 11.4.